The predicted molar refractivity (Wildman–Crippen MR) is 124 cm³/mol. The zero-order valence-corrected chi connectivity index (χ0v) is 19.9. The van der Waals surface area contributed by atoms with Crippen LogP contribution in [0.2, 0.25) is 0 Å². The second-order valence-corrected chi connectivity index (χ2v) is 10.2. The zero-order valence-electron chi connectivity index (χ0n) is 19.9. The Balaban J connectivity index is 1.26. The lowest BCUT2D eigenvalue weighted by Gasteiger charge is -2.26. The summed E-state index contributed by atoms with van der Waals surface area (Å²) in [5, 5.41) is 4.02. The van der Waals surface area contributed by atoms with Crippen molar-refractivity contribution in [3.63, 3.8) is 0 Å². The van der Waals surface area contributed by atoms with Crippen molar-refractivity contribution in [3.8, 4) is 0 Å². The van der Waals surface area contributed by atoms with Crippen LogP contribution in [0.5, 0.6) is 0 Å². The average Bonchev–Trinajstić information content (AvgIpc) is 3.61. The van der Waals surface area contributed by atoms with Gasteiger partial charge in [0.25, 0.3) is 0 Å². The second kappa shape index (κ2) is 8.96. The van der Waals surface area contributed by atoms with Crippen LogP contribution in [-0.4, -0.2) is 70.7 Å². The monoisotopic (exact) mass is 489 g/mol. The van der Waals surface area contributed by atoms with Crippen molar-refractivity contribution in [2.45, 2.75) is 45.3 Å². The molecule has 3 fully saturated rings. The fourth-order valence-electron chi connectivity index (χ4n) is 5.73. The number of nitrogens with zero attached hydrogens (tertiary/aromatic N) is 5. The molecule has 0 bridgehead atoms. The van der Waals surface area contributed by atoms with Crippen molar-refractivity contribution in [2.24, 2.45) is 5.41 Å². The van der Waals surface area contributed by atoms with Crippen molar-refractivity contribution < 1.29 is 22.8 Å². The highest BCUT2D eigenvalue weighted by atomic mass is 19.4. The number of anilines is 1. The maximum absolute atomic E-state index is 13.9. The molecule has 1 unspecified atom stereocenters. The smallest absolute Gasteiger partial charge is 0.372 e. The van der Waals surface area contributed by atoms with Crippen LogP contribution in [0.4, 0.5) is 23.7 Å². The van der Waals surface area contributed by atoms with Crippen LogP contribution in [-0.2, 0) is 12.7 Å². The van der Waals surface area contributed by atoms with Crippen LogP contribution < -0.4 is 4.90 Å². The SMILES string of the molecule is CC(=O)c1cnn(C(=O)N2CCC3(CCN(Cc4ccc(N5CCCC5)cc4C(F)(F)F)C3)C2)c1. The lowest BCUT2D eigenvalue weighted by molar-refractivity contribution is -0.138. The van der Waals surface area contributed by atoms with Crippen molar-refractivity contribution in [1.82, 2.24) is 19.6 Å². The Morgan fingerprint density at radius 1 is 1.06 bits per heavy atom. The van der Waals surface area contributed by atoms with Gasteiger partial charge in [0.15, 0.2) is 5.78 Å². The van der Waals surface area contributed by atoms with Gasteiger partial charge in [0, 0.05) is 56.6 Å². The van der Waals surface area contributed by atoms with E-state index in [1.807, 2.05) is 11.0 Å². The maximum atomic E-state index is 13.9. The van der Waals surface area contributed by atoms with Crippen LogP contribution in [0.25, 0.3) is 0 Å². The van der Waals surface area contributed by atoms with Crippen molar-refractivity contribution in [3.05, 3.63) is 47.3 Å². The summed E-state index contributed by atoms with van der Waals surface area (Å²) in [5.74, 6) is -0.153. The van der Waals surface area contributed by atoms with Crippen molar-refractivity contribution in [1.29, 1.82) is 0 Å². The molecule has 3 saturated heterocycles. The summed E-state index contributed by atoms with van der Waals surface area (Å²) in [4.78, 5) is 30.2. The van der Waals surface area contributed by atoms with E-state index in [1.54, 1.807) is 11.0 Å². The minimum Gasteiger partial charge on any atom is -0.372 e. The number of rotatable bonds is 4. The number of carbonyl (C=O) groups excluding carboxylic acids is 2. The van der Waals surface area contributed by atoms with Gasteiger partial charge in [-0.1, -0.05) is 6.07 Å². The topological polar surface area (TPSA) is 61.7 Å². The number of hydrogen-bond acceptors (Lipinski definition) is 5. The van der Waals surface area contributed by atoms with Gasteiger partial charge in [-0.25, -0.2) is 4.79 Å². The molecule has 0 N–H and O–H groups in total. The molecule has 0 aliphatic carbocycles. The molecule has 1 aromatic carbocycles. The summed E-state index contributed by atoms with van der Waals surface area (Å²) < 4.78 is 43.0. The standard InChI is InChI=1S/C25H30F3N5O2/c1-18(34)20-13-29-33(15-20)23(35)32-11-7-24(17-32)6-10-30(16-24)14-19-4-5-21(31-8-2-3-9-31)12-22(19)25(26,27)28/h4-5,12-13,15H,2-3,6-11,14,16-17H2,1H3. The van der Waals surface area contributed by atoms with Gasteiger partial charge in [-0.05, 0) is 56.8 Å². The molecule has 35 heavy (non-hydrogen) atoms. The summed E-state index contributed by atoms with van der Waals surface area (Å²) in [5.41, 5.74) is 0.659. The summed E-state index contributed by atoms with van der Waals surface area (Å²) in [7, 11) is 0. The van der Waals surface area contributed by atoms with Crippen LogP contribution >= 0.6 is 0 Å². The number of hydrogen-bond donors (Lipinski definition) is 0. The van der Waals surface area contributed by atoms with Gasteiger partial charge in [0.2, 0.25) is 0 Å². The van der Waals surface area contributed by atoms with Crippen LogP contribution in [0.1, 0.15) is 54.1 Å². The summed E-state index contributed by atoms with van der Waals surface area (Å²) in [6, 6.07) is 4.49. The minimum absolute atomic E-state index is 0.125. The number of likely N-dealkylation sites (tertiary alicyclic amines) is 2. The summed E-state index contributed by atoms with van der Waals surface area (Å²) >= 11 is 0. The average molecular weight is 490 g/mol. The molecule has 10 heteroatoms. The summed E-state index contributed by atoms with van der Waals surface area (Å²) in [6.07, 6.45) is 2.09. The molecule has 1 atom stereocenters. The van der Waals surface area contributed by atoms with E-state index in [9.17, 15) is 22.8 Å². The van der Waals surface area contributed by atoms with Gasteiger partial charge in [-0.15, -0.1) is 0 Å². The van der Waals surface area contributed by atoms with E-state index in [-0.39, 0.29) is 23.8 Å². The van der Waals surface area contributed by atoms with Crippen LogP contribution in [0, 0.1) is 5.41 Å². The molecule has 0 radical (unpaired) electrons. The molecule has 5 rings (SSSR count). The molecule has 3 aliphatic heterocycles. The number of ketones is 1. The Labute approximate surface area is 202 Å². The number of halogens is 3. The number of amides is 1. The van der Waals surface area contributed by atoms with E-state index in [1.165, 1.54) is 30.1 Å². The first-order chi connectivity index (χ1) is 16.6. The van der Waals surface area contributed by atoms with Gasteiger partial charge < -0.3 is 9.80 Å². The van der Waals surface area contributed by atoms with E-state index in [2.05, 4.69) is 10.00 Å². The van der Waals surface area contributed by atoms with Crippen molar-refractivity contribution in [2.75, 3.05) is 44.2 Å². The third kappa shape index (κ3) is 4.80. The third-order valence-corrected chi connectivity index (χ3v) is 7.68. The molecule has 1 spiro atoms. The van der Waals surface area contributed by atoms with E-state index < -0.39 is 11.7 Å². The Kier molecular flexibility index (Phi) is 6.11. The lowest BCUT2D eigenvalue weighted by atomic mass is 9.86. The molecular weight excluding hydrogens is 459 g/mol. The molecule has 0 saturated carbocycles. The van der Waals surface area contributed by atoms with Crippen molar-refractivity contribution >= 4 is 17.5 Å². The molecule has 1 aromatic heterocycles. The first-order valence-electron chi connectivity index (χ1n) is 12.2. The van der Waals surface area contributed by atoms with Gasteiger partial charge in [0.05, 0.1) is 17.3 Å². The number of benzene rings is 1. The van der Waals surface area contributed by atoms with Crippen LogP contribution in [0.15, 0.2) is 30.6 Å². The van der Waals surface area contributed by atoms with E-state index in [4.69, 9.17) is 0 Å². The van der Waals surface area contributed by atoms with Gasteiger partial charge in [-0.2, -0.15) is 23.0 Å². The summed E-state index contributed by atoms with van der Waals surface area (Å²) in [6.45, 7) is 5.73. The Hall–Kier alpha value is -2.88. The predicted octanol–water partition coefficient (Wildman–Crippen LogP) is 4.27. The van der Waals surface area contributed by atoms with E-state index in [0.717, 1.165) is 38.8 Å². The van der Waals surface area contributed by atoms with Gasteiger partial charge >= 0.3 is 12.2 Å². The number of Topliss-reactive ketones (excluding diaryl/α,β-unsaturated/α-hetero) is 1. The first-order valence-corrected chi connectivity index (χ1v) is 12.2. The third-order valence-electron chi connectivity index (χ3n) is 7.68. The van der Waals surface area contributed by atoms with Gasteiger partial charge in [-0.3, -0.25) is 9.69 Å². The molecule has 188 valence electrons. The number of aromatic nitrogens is 2. The molecule has 2 aromatic rings. The number of alkyl halides is 3. The zero-order chi connectivity index (χ0) is 24.8. The Morgan fingerprint density at radius 2 is 1.80 bits per heavy atom. The Bertz CT molecular complexity index is 1120. The molecule has 3 aliphatic rings. The highest BCUT2D eigenvalue weighted by Gasteiger charge is 2.45. The van der Waals surface area contributed by atoms with E-state index in [0.29, 0.717) is 43.0 Å². The van der Waals surface area contributed by atoms with Crippen LogP contribution in [0.3, 0.4) is 0 Å². The minimum atomic E-state index is -4.40. The normalized spacial score (nSPS) is 23.1. The quantitative estimate of drug-likeness (QED) is 0.601. The Morgan fingerprint density at radius 3 is 2.49 bits per heavy atom. The second-order valence-electron chi connectivity index (χ2n) is 10.2. The molecule has 7 nitrogen and oxygen atoms in total. The highest BCUT2D eigenvalue weighted by Crippen LogP contribution is 2.41. The first kappa shape index (κ1) is 23.8. The van der Waals surface area contributed by atoms with Gasteiger partial charge in [0.1, 0.15) is 0 Å². The maximum Gasteiger partial charge on any atom is 0.416 e. The number of carbonyl (C=O) groups is 2. The van der Waals surface area contributed by atoms with E-state index >= 15 is 0 Å². The highest BCUT2D eigenvalue weighted by molar-refractivity contribution is 5.94. The fraction of sp³-hybridized carbons (Fsp3) is 0.560. The largest absolute Gasteiger partial charge is 0.416 e. The molecular formula is C25H30F3N5O2. The lowest BCUT2D eigenvalue weighted by Crippen LogP contribution is -2.36. The molecule has 4 heterocycles. The fourth-order valence-corrected chi connectivity index (χ4v) is 5.73. The molecule has 1 amide bonds.